The highest BCUT2D eigenvalue weighted by atomic mass is 35.5. The summed E-state index contributed by atoms with van der Waals surface area (Å²) in [4.78, 5) is 33.5. The number of carbonyl (C=O) groups is 1. The second-order valence-electron chi connectivity index (χ2n) is 7.20. The lowest BCUT2D eigenvalue weighted by Crippen LogP contribution is -2.51. The van der Waals surface area contributed by atoms with Crippen LogP contribution in [0.5, 0.6) is 0 Å². The van der Waals surface area contributed by atoms with E-state index in [0.717, 1.165) is 24.3 Å². The summed E-state index contributed by atoms with van der Waals surface area (Å²) in [6.07, 6.45) is 3.34. The van der Waals surface area contributed by atoms with E-state index < -0.39 is 6.04 Å². The van der Waals surface area contributed by atoms with E-state index in [2.05, 4.69) is 15.0 Å². The fourth-order valence-corrected chi connectivity index (χ4v) is 3.71. The molecule has 1 aliphatic heterocycles. The summed E-state index contributed by atoms with van der Waals surface area (Å²) in [5, 5.41) is 5.14. The number of hydrogen-bond donors (Lipinski definition) is 0. The first-order valence-electron chi connectivity index (χ1n) is 9.82. The minimum absolute atomic E-state index is 0.104. The third-order valence-electron chi connectivity index (χ3n) is 5.31. The van der Waals surface area contributed by atoms with Gasteiger partial charge in [0.15, 0.2) is 0 Å². The zero-order valence-electron chi connectivity index (χ0n) is 16.6. The number of halogens is 1. The summed E-state index contributed by atoms with van der Waals surface area (Å²) in [5.74, 6) is -0.104. The van der Waals surface area contributed by atoms with Gasteiger partial charge in [-0.25, -0.2) is 4.68 Å². The second kappa shape index (κ2) is 8.67. The number of rotatable bonds is 4. The summed E-state index contributed by atoms with van der Waals surface area (Å²) in [7, 11) is 0. The van der Waals surface area contributed by atoms with Crippen LogP contribution >= 0.6 is 11.6 Å². The predicted molar refractivity (Wildman–Crippen MR) is 117 cm³/mol. The maximum absolute atomic E-state index is 13.1. The van der Waals surface area contributed by atoms with E-state index in [0.29, 0.717) is 23.8 Å². The van der Waals surface area contributed by atoms with Crippen molar-refractivity contribution in [3.8, 4) is 11.3 Å². The average molecular weight is 424 g/mol. The van der Waals surface area contributed by atoms with Gasteiger partial charge in [-0.1, -0.05) is 11.6 Å². The lowest BCUT2D eigenvalue weighted by Gasteiger charge is -2.37. The van der Waals surface area contributed by atoms with E-state index in [9.17, 15) is 9.59 Å². The highest BCUT2D eigenvalue weighted by Gasteiger charge is 2.27. The van der Waals surface area contributed by atoms with Gasteiger partial charge in [0.1, 0.15) is 6.04 Å². The van der Waals surface area contributed by atoms with Crippen molar-refractivity contribution in [1.29, 1.82) is 0 Å². The van der Waals surface area contributed by atoms with Gasteiger partial charge in [-0.15, -0.1) is 0 Å². The van der Waals surface area contributed by atoms with Gasteiger partial charge in [0.05, 0.1) is 5.69 Å². The Kier molecular flexibility index (Phi) is 5.81. The summed E-state index contributed by atoms with van der Waals surface area (Å²) >= 11 is 5.96. The topological polar surface area (TPSA) is 71.3 Å². The van der Waals surface area contributed by atoms with Crippen molar-refractivity contribution in [3.63, 3.8) is 0 Å². The van der Waals surface area contributed by atoms with Crippen LogP contribution in [0.4, 0.5) is 5.69 Å². The molecule has 1 unspecified atom stereocenters. The van der Waals surface area contributed by atoms with E-state index >= 15 is 0 Å². The van der Waals surface area contributed by atoms with Gasteiger partial charge >= 0.3 is 0 Å². The number of aromatic nitrogens is 3. The molecular formula is C22H22ClN5O2. The monoisotopic (exact) mass is 423 g/mol. The van der Waals surface area contributed by atoms with Gasteiger partial charge in [0, 0.05) is 60.9 Å². The van der Waals surface area contributed by atoms with Crippen LogP contribution < -0.4 is 10.5 Å². The molecule has 3 aromatic rings. The van der Waals surface area contributed by atoms with E-state index in [4.69, 9.17) is 11.6 Å². The van der Waals surface area contributed by atoms with Crippen LogP contribution in [-0.4, -0.2) is 51.8 Å². The SMILES string of the molecule is CC(C(=O)N1CCN(c2ccc(Cl)cc2)CC1)n1nc(-c2ccncc2)ccc1=O. The van der Waals surface area contributed by atoms with Crippen molar-refractivity contribution in [1.82, 2.24) is 19.7 Å². The molecule has 0 saturated carbocycles. The lowest BCUT2D eigenvalue weighted by molar-refractivity contribution is -0.135. The van der Waals surface area contributed by atoms with E-state index in [1.165, 1.54) is 10.7 Å². The number of pyridine rings is 1. The Labute approximate surface area is 179 Å². The molecule has 1 aromatic carbocycles. The zero-order chi connectivity index (χ0) is 21.1. The molecule has 0 radical (unpaired) electrons. The summed E-state index contributed by atoms with van der Waals surface area (Å²) in [6.45, 7) is 4.34. The van der Waals surface area contributed by atoms with Crippen LogP contribution in [0.25, 0.3) is 11.3 Å². The minimum atomic E-state index is -0.679. The fourth-order valence-electron chi connectivity index (χ4n) is 3.59. The van der Waals surface area contributed by atoms with Crippen LogP contribution in [0, 0.1) is 0 Å². The Morgan fingerprint density at radius 2 is 1.63 bits per heavy atom. The molecule has 3 heterocycles. The predicted octanol–water partition coefficient (Wildman–Crippen LogP) is 2.87. The first-order chi connectivity index (χ1) is 14.5. The van der Waals surface area contributed by atoms with Crippen LogP contribution in [0.2, 0.25) is 5.02 Å². The molecule has 1 amide bonds. The molecule has 30 heavy (non-hydrogen) atoms. The molecule has 1 fully saturated rings. The van der Waals surface area contributed by atoms with Gasteiger partial charge in [0.25, 0.3) is 5.56 Å². The minimum Gasteiger partial charge on any atom is -0.368 e. The third kappa shape index (κ3) is 4.21. The Bertz CT molecular complexity index is 1080. The number of carbonyl (C=O) groups excluding carboxylic acids is 1. The molecule has 1 atom stereocenters. The standard InChI is InChI=1S/C22H22ClN5O2/c1-16(28-21(29)7-6-20(25-28)17-8-10-24-11-9-17)22(30)27-14-12-26(13-15-27)19-4-2-18(23)3-5-19/h2-11,16H,12-15H2,1H3. The number of amides is 1. The van der Waals surface area contributed by atoms with Crippen LogP contribution in [0.1, 0.15) is 13.0 Å². The third-order valence-corrected chi connectivity index (χ3v) is 5.56. The second-order valence-corrected chi connectivity index (χ2v) is 7.64. The van der Waals surface area contributed by atoms with Crippen LogP contribution in [0.3, 0.4) is 0 Å². The maximum atomic E-state index is 13.1. The number of hydrogen-bond acceptors (Lipinski definition) is 5. The molecule has 8 heteroatoms. The van der Waals surface area contributed by atoms with Crippen molar-refractivity contribution in [2.45, 2.75) is 13.0 Å². The summed E-state index contributed by atoms with van der Waals surface area (Å²) in [6, 6.07) is 13.8. The molecule has 0 aliphatic carbocycles. The van der Waals surface area contributed by atoms with Crippen LogP contribution in [0.15, 0.2) is 65.7 Å². The summed E-state index contributed by atoms with van der Waals surface area (Å²) in [5.41, 5.74) is 2.26. The molecule has 0 N–H and O–H groups in total. The van der Waals surface area contributed by atoms with E-state index in [1.54, 1.807) is 30.3 Å². The van der Waals surface area contributed by atoms with Gasteiger partial charge < -0.3 is 9.80 Å². The Balaban J connectivity index is 1.46. The first-order valence-corrected chi connectivity index (χ1v) is 10.2. The molecule has 0 spiro atoms. The lowest BCUT2D eigenvalue weighted by atomic mass is 10.2. The van der Waals surface area contributed by atoms with Gasteiger partial charge in [-0.3, -0.25) is 14.6 Å². The Hall–Kier alpha value is -3.19. The summed E-state index contributed by atoms with van der Waals surface area (Å²) < 4.78 is 1.27. The number of nitrogens with zero attached hydrogens (tertiary/aromatic N) is 5. The van der Waals surface area contributed by atoms with Crippen molar-refractivity contribution in [2.24, 2.45) is 0 Å². The average Bonchev–Trinajstić information content (AvgIpc) is 2.80. The molecule has 0 bridgehead atoms. The molecule has 154 valence electrons. The van der Waals surface area contributed by atoms with Crippen molar-refractivity contribution < 1.29 is 4.79 Å². The molecule has 4 rings (SSSR count). The smallest absolute Gasteiger partial charge is 0.267 e. The van der Waals surface area contributed by atoms with Crippen molar-refractivity contribution in [3.05, 3.63) is 76.3 Å². The maximum Gasteiger partial charge on any atom is 0.267 e. The van der Waals surface area contributed by atoms with Gasteiger partial charge in [-0.2, -0.15) is 5.10 Å². The number of benzene rings is 1. The first kappa shape index (κ1) is 20.1. The quantitative estimate of drug-likeness (QED) is 0.645. The highest BCUT2D eigenvalue weighted by molar-refractivity contribution is 6.30. The van der Waals surface area contributed by atoms with Crippen LogP contribution in [-0.2, 0) is 4.79 Å². The molecule has 1 aliphatic rings. The van der Waals surface area contributed by atoms with E-state index in [1.807, 2.05) is 36.4 Å². The zero-order valence-corrected chi connectivity index (χ0v) is 17.4. The largest absolute Gasteiger partial charge is 0.368 e. The molecule has 2 aromatic heterocycles. The van der Waals surface area contributed by atoms with Crippen molar-refractivity contribution in [2.75, 3.05) is 31.1 Å². The Morgan fingerprint density at radius 3 is 2.30 bits per heavy atom. The molecule has 7 nitrogen and oxygen atoms in total. The molecular weight excluding hydrogens is 402 g/mol. The number of piperazine rings is 1. The normalized spacial score (nSPS) is 15.1. The number of anilines is 1. The van der Waals surface area contributed by atoms with E-state index in [-0.39, 0.29) is 11.5 Å². The van der Waals surface area contributed by atoms with Gasteiger partial charge in [0.2, 0.25) is 5.91 Å². The molecule has 1 saturated heterocycles. The Morgan fingerprint density at radius 1 is 0.967 bits per heavy atom. The van der Waals surface area contributed by atoms with Crippen molar-refractivity contribution >= 4 is 23.2 Å². The highest BCUT2D eigenvalue weighted by Crippen LogP contribution is 2.21. The van der Waals surface area contributed by atoms with Gasteiger partial charge in [-0.05, 0) is 49.4 Å². The fraction of sp³-hybridized carbons (Fsp3) is 0.273.